The van der Waals surface area contributed by atoms with Crippen LogP contribution in [0.4, 0.5) is 0 Å². The van der Waals surface area contributed by atoms with Gasteiger partial charge in [-0.25, -0.2) is 9.97 Å². The molecule has 2 rings (SSSR count). The Hall–Kier alpha value is -1.38. The summed E-state index contributed by atoms with van der Waals surface area (Å²) in [6.07, 6.45) is 4.61. The largest absolute Gasteiger partial charge is 0.343 e. The van der Waals surface area contributed by atoms with Crippen LogP contribution in [0.25, 0.3) is 11.2 Å². The lowest BCUT2D eigenvalue weighted by Crippen LogP contribution is -1.71. The van der Waals surface area contributed by atoms with E-state index in [1.165, 1.54) is 6.42 Å². The Kier molecular flexibility index (Phi) is 7.42. The quantitative estimate of drug-likeness (QED) is 0.696. The Morgan fingerprint density at radius 2 is 1.86 bits per heavy atom. The third-order valence-electron chi connectivity index (χ3n) is 1.19. The Morgan fingerprint density at radius 3 is 2.43 bits per heavy atom. The second-order valence-corrected chi connectivity index (χ2v) is 2.48. The molecule has 1 N–H and O–H groups in total. The number of aromatic amines is 1. The number of nitrogens with one attached hydrogen (secondary N) is 1. The van der Waals surface area contributed by atoms with Gasteiger partial charge in [0.25, 0.3) is 0 Å². The molecular weight excluding hydrogens is 174 g/mol. The van der Waals surface area contributed by atoms with Crippen molar-refractivity contribution in [1.29, 1.82) is 0 Å². The monoisotopic (exact) mass is 193 g/mol. The summed E-state index contributed by atoms with van der Waals surface area (Å²) in [5, 5.41) is 0. The van der Waals surface area contributed by atoms with Crippen molar-refractivity contribution in [3.05, 3.63) is 24.7 Å². The van der Waals surface area contributed by atoms with E-state index in [-0.39, 0.29) is 0 Å². The summed E-state index contributed by atoms with van der Waals surface area (Å²) in [5.74, 6) is 0. The van der Waals surface area contributed by atoms with Crippen molar-refractivity contribution in [3.63, 3.8) is 0 Å². The van der Waals surface area contributed by atoms with Gasteiger partial charge in [0.05, 0.1) is 11.8 Å². The first kappa shape index (κ1) is 12.6. The summed E-state index contributed by atoms with van der Waals surface area (Å²) >= 11 is 0. The Balaban J connectivity index is 0.000000294. The molecule has 0 bridgehead atoms. The molecule has 3 heteroatoms. The third kappa shape index (κ3) is 4.03. The van der Waals surface area contributed by atoms with Crippen molar-refractivity contribution < 1.29 is 0 Å². The predicted octanol–water partition coefficient (Wildman–Crippen LogP) is 3.40. The summed E-state index contributed by atoms with van der Waals surface area (Å²) in [7, 11) is 0. The molecule has 2 aromatic rings. The molecule has 0 saturated carbocycles. The average Bonchev–Trinajstić information content (AvgIpc) is 2.69. The maximum absolute atomic E-state index is 4.00. The number of pyridine rings is 1. The highest BCUT2D eigenvalue weighted by Crippen LogP contribution is 2.01. The van der Waals surface area contributed by atoms with Crippen molar-refractivity contribution in [2.24, 2.45) is 0 Å². The van der Waals surface area contributed by atoms with Gasteiger partial charge in [-0.2, -0.15) is 0 Å². The highest BCUT2D eigenvalue weighted by molar-refractivity contribution is 5.68. The van der Waals surface area contributed by atoms with Crippen molar-refractivity contribution in [2.45, 2.75) is 34.1 Å². The molecule has 0 aromatic carbocycles. The number of fused-ring (bicyclic) bond motifs is 1. The lowest BCUT2D eigenvalue weighted by atomic mass is 10.4. The molecule has 0 unspecified atom stereocenters. The minimum absolute atomic E-state index is 0.775. The van der Waals surface area contributed by atoms with Crippen LogP contribution in [-0.2, 0) is 0 Å². The van der Waals surface area contributed by atoms with Gasteiger partial charge < -0.3 is 4.98 Å². The summed E-state index contributed by atoms with van der Waals surface area (Å²) in [4.78, 5) is 10.9. The number of hydrogen-bond acceptors (Lipinski definition) is 2. The molecule has 0 aliphatic carbocycles. The van der Waals surface area contributed by atoms with Gasteiger partial charge in [0, 0.05) is 6.20 Å². The van der Waals surface area contributed by atoms with Crippen LogP contribution in [0.1, 0.15) is 34.1 Å². The van der Waals surface area contributed by atoms with E-state index in [0.29, 0.717) is 0 Å². The number of H-pyrrole nitrogens is 1. The number of imidazole rings is 1. The number of nitrogens with zero attached hydrogens (tertiary/aromatic N) is 2. The molecule has 0 aliphatic heterocycles. The van der Waals surface area contributed by atoms with Crippen LogP contribution in [-0.4, -0.2) is 15.0 Å². The van der Waals surface area contributed by atoms with E-state index in [4.69, 9.17) is 0 Å². The zero-order chi connectivity index (χ0) is 10.8. The van der Waals surface area contributed by atoms with Gasteiger partial charge in [0.15, 0.2) is 5.65 Å². The first-order chi connectivity index (χ1) is 6.88. The smallest absolute Gasteiger partial charge is 0.177 e. The molecule has 0 aliphatic rings. The minimum Gasteiger partial charge on any atom is -0.343 e. The number of rotatable bonds is 0. The van der Waals surface area contributed by atoms with E-state index in [1.54, 1.807) is 12.5 Å². The Bertz CT molecular complexity index is 298. The molecule has 78 valence electrons. The van der Waals surface area contributed by atoms with Crippen LogP contribution < -0.4 is 0 Å². The van der Waals surface area contributed by atoms with Crippen LogP contribution in [0, 0.1) is 0 Å². The number of hydrogen-bond donors (Lipinski definition) is 1. The van der Waals surface area contributed by atoms with E-state index >= 15 is 0 Å². The Labute approximate surface area is 85.6 Å². The van der Waals surface area contributed by atoms with Crippen LogP contribution in [0.5, 0.6) is 0 Å². The van der Waals surface area contributed by atoms with Gasteiger partial charge in [-0.1, -0.05) is 34.1 Å². The predicted molar refractivity (Wildman–Crippen MR) is 61.2 cm³/mol. The highest BCUT2D eigenvalue weighted by Gasteiger charge is 1.90. The molecule has 2 aromatic heterocycles. The maximum atomic E-state index is 4.00. The molecule has 0 spiro atoms. The minimum atomic E-state index is 0.775. The van der Waals surface area contributed by atoms with E-state index in [2.05, 4.69) is 28.8 Å². The second kappa shape index (κ2) is 8.23. The molecule has 0 fully saturated rings. The Morgan fingerprint density at radius 1 is 1.21 bits per heavy atom. The van der Waals surface area contributed by atoms with Gasteiger partial charge in [-0.15, -0.1) is 0 Å². The molecular formula is C11H19N3. The summed E-state index contributed by atoms with van der Waals surface area (Å²) in [6, 6.07) is 3.82. The molecule has 2 heterocycles. The van der Waals surface area contributed by atoms with Crippen molar-refractivity contribution in [1.82, 2.24) is 15.0 Å². The average molecular weight is 193 g/mol. The molecule has 0 saturated heterocycles. The molecule has 3 nitrogen and oxygen atoms in total. The van der Waals surface area contributed by atoms with E-state index in [0.717, 1.165) is 11.2 Å². The number of aromatic nitrogens is 3. The van der Waals surface area contributed by atoms with Crippen molar-refractivity contribution >= 4 is 11.2 Å². The van der Waals surface area contributed by atoms with Gasteiger partial charge >= 0.3 is 0 Å². The van der Waals surface area contributed by atoms with Gasteiger partial charge in [-0.3, -0.25) is 0 Å². The molecule has 0 radical (unpaired) electrons. The fourth-order valence-electron chi connectivity index (χ4n) is 0.775. The molecule has 14 heavy (non-hydrogen) atoms. The summed E-state index contributed by atoms with van der Waals surface area (Å²) in [5.41, 5.74) is 1.76. The van der Waals surface area contributed by atoms with Crippen LogP contribution in [0.15, 0.2) is 24.7 Å². The third-order valence-corrected chi connectivity index (χ3v) is 1.19. The van der Waals surface area contributed by atoms with Gasteiger partial charge in [-0.05, 0) is 12.1 Å². The molecule has 0 amide bonds. The van der Waals surface area contributed by atoms with Gasteiger partial charge in [0.1, 0.15) is 0 Å². The first-order valence-corrected chi connectivity index (χ1v) is 5.12. The summed E-state index contributed by atoms with van der Waals surface area (Å²) < 4.78 is 0. The maximum Gasteiger partial charge on any atom is 0.177 e. The lowest BCUT2D eigenvalue weighted by molar-refractivity contribution is 1.09. The van der Waals surface area contributed by atoms with Crippen LogP contribution in [0.3, 0.4) is 0 Å². The van der Waals surface area contributed by atoms with Crippen molar-refractivity contribution in [2.75, 3.05) is 0 Å². The lowest BCUT2D eigenvalue weighted by Gasteiger charge is -1.80. The van der Waals surface area contributed by atoms with E-state index in [9.17, 15) is 0 Å². The van der Waals surface area contributed by atoms with Crippen LogP contribution in [0.2, 0.25) is 0 Å². The summed E-state index contributed by atoms with van der Waals surface area (Å²) in [6.45, 7) is 8.25. The van der Waals surface area contributed by atoms with Gasteiger partial charge in [0.2, 0.25) is 0 Å². The fourth-order valence-corrected chi connectivity index (χ4v) is 0.775. The standard InChI is InChI=1S/C6H5N3.C3H8.C2H6/c1-2-5-6(7-3-1)9-4-8-5;1-3-2;1-2/h1-4H,(H,7,8,9);3H2,1-2H3;1-2H3. The topological polar surface area (TPSA) is 41.6 Å². The normalized spacial score (nSPS) is 8.29. The van der Waals surface area contributed by atoms with E-state index in [1.807, 2.05) is 26.0 Å². The molecule has 0 atom stereocenters. The zero-order valence-electron chi connectivity index (χ0n) is 9.41. The fraction of sp³-hybridized carbons (Fsp3) is 0.455. The highest BCUT2D eigenvalue weighted by atomic mass is 14.9. The van der Waals surface area contributed by atoms with Crippen molar-refractivity contribution in [3.8, 4) is 0 Å². The van der Waals surface area contributed by atoms with Crippen LogP contribution >= 0.6 is 0 Å². The second-order valence-electron chi connectivity index (χ2n) is 2.48. The SMILES string of the molecule is CC.CCC.c1cnc2nc[nH]c2c1. The van der Waals surface area contributed by atoms with E-state index < -0.39 is 0 Å². The first-order valence-electron chi connectivity index (χ1n) is 5.12. The zero-order valence-corrected chi connectivity index (χ0v) is 9.41.